The molecule has 10 heteroatoms. The third-order valence-corrected chi connectivity index (χ3v) is 10.0. The molecular weight excluding hydrogens is 652 g/mol. The Morgan fingerprint density at radius 2 is 1.06 bits per heavy atom. The van der Waals surface area contributed by atoms with Gasteiger partial charge in [-0.15, -0.1) is 0 Å². The molecule has 0 aliphatic carbocycles. The highest BCUT2D eigenvalue weighted by Crippen LogP contribution is 2.40. The second-order valence-electron chi connectivity index (χ2n) is 13.8. The minimum atomic E-state index is -0.772. The summed E-state index contributed by atoms with van der Waals surface area (Å²) in [6.45, 7) is 9.57. The van der Waals surface area contributed by atoms with Gasteiger partial charge in [0.05, 0.1) is 12.1 Å². The monoisotopic (exact) mass is 700 g/mol. The van der Waals surface area contributed by atoms with Crippen molar-refractivity contribution in [1.29, 1.82) is 0 Å². The molecule has 4 amide bonds. The first kappa shape index (κ1) is 36.2. The summed E-state index contributed by atoms with van der Waals surface area (Å²) in [5.74, 6) is -0.451. The number of hydrogen-bond donors (Lipinski definition) is 4. The van der Waals surface area contributed by atoms with Crippen molar-refractivity contribution in [1.82, 2.24) is 5.32 Å². The average Bonchev–Trinajstić information content (AvgIpc) is 3.15. The summed E-state index contributed by atoms with van der Waals surface area (Å²) in [4.78, 5) is 55.3. The maximum Gasteiger partial charge on any atom is 0.251 e. The lowest BCUT2D eigenvalue weighted by atomic mass is 9.91. The van der Waals surface area contributed by atoms with Gasteiger partial charge in [0, 0.05) is 58.9 Å². The Morgan fingerprint density at radius 1 is 0.635 bits per heavy atom. The zero-order valence-corrected chi connectivity index (χ0v) is 30.5. The number of nitrogens with one attached hydrogen (secondary N) is 4. The molecule has 0 fully saturated rings. The van der Waals surface area contributed by atoms with Gasteiger partial charge in [0.15, 0.2) is 0 Å². The van der Waals surface area contributed by atoms with Gasteiger partial charge in [-0.3, -0.25) is 19.2 Å². The molecule has 0 spiro atoms. The number of amides is 4. The summed E-state index contributed by atoms with van der Waals surface area (Å²) in [7, 11) is 0. The third-order valence-electron chi connectivity index (χ3n) is 10.0. The quantitative estimate of drug-likeness (QED) is 0.134. The molecule has 270 valence electrons. The number of carbonyl (C=O) groups is 4. The molecule has 2 aliphatic rings. The fraction of sp³-hybridized carbons (Fsp3) is 0.333. The van der Waals surface area contributed by atoms with E-state index in [-0.39, 0.29) is 47.8 Å². The Balaban J connectivity index is 1.03. The molecule has 4 aromatic carbocycles. The molecule has 0 saturated carbocycles. The number of fused-ring (bicyclic) bond motifs is 2. The lowest BCUT2D eigenvalue weighted by Gasteiger charge is -2.40. The Kier molecular flexibility index (Phi) is 10.9. The number of hydrogen-bond acceptors (Lipinski definition) is 6. The van der Waals surface area contributed by atoms with Gasteiger partial charge in [-0.1, -0.05) is 50.2 Å². The lowest BCUT2D eigenvalue weighted by molar-refractivity contribution is -0.119. The first-order chi connectivity index (χ1) is 25.1. The van der Waals surface area contributed by atoms with Gasteiger partial charge in [-0.05, 0) is 105 Å². The molecule has 5 atom stereocenters. The van der Waals surface area contributed by atoms with E-state index in [1.54, 1.807) is 19.1 Å². The fourth-order valence-electron chi connectivity index (χ4n) is 7.37. The molecule has 10 nitrogen and oxygen atoms in total. The largest absolute Gasteiger partial charge is 0.378 e. The molecular formula is C42H48N6O4. The third kappa shape index (κ3) is 7.66. The van der Waals surface area contributed by atoms with Crippen LogP contribution in [-0.4, -0.2) is 41.8 Å². The molecule has 52 heavy (non-hydrogen) atoms. The summed E-state index contributed by atoms with van der Waals surface area (Å²) in [5, 5.41) is 12.9. The van der Waals surface area contributed by atoms with Crippen molar-refractivity contribution in [3.63, 3.8) is 0 Å². The van der Waals surface area contributed by atoms with Crippen LogP contribution in [-0.2, 0) is 14.4 Å². The zero-order valence-electron chi connectivity index (χ0n) is 30.5. The maximum absolute atomic E-state index is 13.1. The molecule has 0 radical (unpaired) electrons. The second-order valence-corrected chi connectivity index (χ2v) is 13.8. The molecule has 2 aliphatic heterocycles. The highest BCUT2D eigenvalue weighted by Gasteiger charge is 2.34. The van der Waals surface area contributed by atoms with Gasteiger partial charge in [0.1, 0.15) is 6.04 Å². The van der Waals surface area contributed by atoms with E-state index in [0.717, 1.165) is 46.7 Å². The Morgan fingerprint density at radius 3 is 1.52 bits per heavy atom. The molecule has 6 rings (SSSR count). The number of carbonyl (C=O) groups excluding carboxylic acids is 4. The molecule has 0 aromatic heterocycles. The van der Waals surface area contributed by atoms with Crippen molar-refractivity contribution in [3.8, 4) is 0 Å². The van der Waals surface area contributed by atoms with Crippen molar-refractivity contribution in [2.45, 2.75) is 90.5 Å². The molecule has 0 bridgehead atoms. The van der Waals surface area contributed by atoms with Crippen LogP contribution < -0.4 is 31.1 Å². The Hall–Kier alpha value is -5.64. The van der Waals surface area contributed by atoms with Crippen molar-refractivity contribution < 1.29 is 19.2 Å². The van der Waals surface area contributed by atoms with Crippen LogP contribution in [0.25, 0.3) is 0 Å². The van der Waals surface area contributed by atoms with E-state index in [0.29, 0.717) is 24.1 Å². The Bertz CT molecular complexity index is 1930. The molecule has 2 heterocycles. The highest BCUT2D eigenvalue weighted by atomic mass is 16.2. The number of nitrogens with zero attached hydrogens (tertiary/aromatic N) is 2. The molecule has 4 aromatic rings. The minimum absolute atomic E-state index is 0.0106. The summed E-state index contributed by atoms with van der Waals surface area (Å²) < 4.78 is 0. The number of benzene rings is 4. The minimum Gasteiger partial charge on any atom is -0.378 e. The van der Waals surface area contributed by atoms with Crippen LogP contribution in [0.3, 0.4) is 0 Å². The number of rotatable bonds is 10. The number of para-hydroxylation sites is 2. The standard InChI is InChI=1S/C42H48N6O4/c1-6-39(49)47-26(3)24-35(33-12-8-10-14-37(33)47)44-30-18-16-29(17-19-30)42(52)43-28(5)41(51)46-32-22-20-31(21-23-32)45-36-25-27(4)48(40(50)7-2)38-15-11-9-13-34(36)38/h8-23,26-28,35-36,44-45H,6-7,24-25H2,1-5H3,(H,43,52)(H,46,51)/t26-,27-,28+,35+,36+/m0/s1. The topological polar surface area (TPSA) is 123 Å². The predicted octanol–water partition coefficient (Wildman–Crippen LogP) is 7.82. The fourth-order valence-corrected chi connectivity index (χ4v) is 7.37. The van der Waals surface area contributed by atoms with Crippen LogP contribution in [0.1, 0.15) is 93.9 Å². The molecule has 0 unspecified atom stereocenters. The van der Waals surface area contributed by atoms with Crippen LogP contribution in [0, 0.1) is 0 Å². The van der Waals surface area contributed by atoms with Crippen molar-refractivity contribution >= 4 is 52.1 Å². The second kappa shape index (κ2) is 15.7. The van der Waals surface area contributed by atoms with E-state index in [4.69, 9.17) is 0 Å². The summed E-state index contributed by atoms with van der Waals surface area (Å²) >= 11 is 0. The highest BCUT2D eigenvalue weighted by molar-refractivity contribution is 6.01. The zero-order chi connectivity index (χ0) is 36.9. The Labute approximate surface area is 306 Å². The van der Waals surface area contributed by atoms with Crippen molar-refractivity contribution in [3.05, 3.63) is 114 Å². The van der Waals surface area contributed by atoms with Gasteiger partial charge >= 0.3 is 0 Å². The van der Waals surface area contributed by atoms with Crippen LogP contribution in [0.2, 0.25) is 0 Å². The van der Waals surface area contributed by atoms with Crippen molar-refractivity contribution in [2.75, 3.05) is 25.8 Å². The normalized spacial score (nSPS) is 19.8. The summed E-state index contributed by atoms with van der Waals surface area (Å²) in [6.07, 6.45) is 2.43. The molecule has 4 N–H and O–H groups in total. The first-order valence-electron chi connectivity index (χ1n) is 18.2. The van der Waals surface area contributed by atoms with Gasteiger partial charge < -0.3 is 31.1 Å². The lowest BCUT2D eigenvalue weighted by Crippen LogP contribution is -2.44. The summed E-state index contributed by atoms with van der Waals surface area (Å²) in [5.41, 5.74) is 6.84. The van der Waals surface area contributed by atoms with Crippen LogP contribution in [0.4, 0.5) is 28.4 Å². The van der Waals surface area contributed by atoms with Gasteiger partial charge in [0.2, 0.25) is 17.7 Å². The van der Waals surface area contributed by atoms with Gasteiger partial charge in [-0.2, -0.15) is 0 Å². The van der Waals surface area contributed by atoms with Crippen LogP contribution in [0.5, 0.6) is 0 Å². The van der Waals surface area contributed by atoms with E-state index in [2.05, 4.69) is 47.2 Å². The van der Waals surface area contributed by atoms with Gasteiger partial charge in [0.25, 0.3) is 5.91 Å². The van der Waals surface area contributed by atoms with Crippen LogP contribution in [0.15, 0.2) is 97.1 Å². The maximum atomic E-state index is 13.1. The predicted molar refractivity (Wildman–Crippen MR) is 208 cm³/mol. The summed E-state index contributed by atoms with van der Waals surface area (Å²) in [6, 6.07) is 30.1. The SMILES string of the molecule is CCC(=O)N1c2ccccc2[C@H](Nc2ccc(NC(=O)[C@@H](C)NC(=O)c3ccc(N[C@@H]4C[C@H](C)N(C(=O)CC)c5ccccc54)cc3)cc2)C[C@@H]1C. The van der Waals surface area contributed by atoms with Crippen LogP contribution >= 0.6 is 0 Å². The molecule has 0 saturated heterocycles. The van der Waals surface area contributed by atoms with E-state index >= 15 is 0 Å². The van der Waals surface area contributed by atoms with Crippen molar-refractivity contribution in [2.24, 2.45) is 0 Å². The van der Waals surface area contributed by atoms with E-state index in [1.165, 1.54) is 0 Å². The van der Waals surface area contributed by atoms with E-state index in [1.807, 2.05) is 96.4 Å². The van der Waals surface area contributed by atoms with E-state index < -0.39 is 6.04 Å². The first-order valence-corrected chi connectivity index (χ1v) is 18.2. The smallest absolute Gasteiger partial charge is 0.251 e. The number of anilines is 5. The average molecular weight is 701 g/mol. The van der Waals surface area contributed by atoms with Gasteiger partial charge in [-0.25, -0.2) is 0 Å². The van der Waals surface area contributed by atoms with E-state index in [9.17, 15) is 19.2 Å².